The van der Waals surface area contributed by atoms with E-state index < -0.39 is 29.1 Å². The van der Waals surface area contributed by atoms with Crippen LogP contribution >= 0.6 is 28.1 Å². The Balaban J connectivity index is 2.38. The van der Waals surface area contributed by atoms with Gasteiger partial charge in [-0.15, -0.1) is 0 Å². The predicted octanol–water partition coefficient (Wildman–Crippen LogP) is 5.19. The first-order valence-electron chi connectivity index (χ1n) is 6.17. The van der Waals surface area contributed by atoms with E-state index >= 15 is 0 Å². The van der Waals surface area contributed by atoms with E-state index in [9.17, 15) is 22.0 Å². The molecule has 0 atom stereocenters. The molecule has 0 heterocycles. The molecule has 24 heavy (non-hydrogen) atoms. The molecule has 0 aliphatic heterocycles. The van der Waals surface area contributed by atoms with Gasteiger partial charge in [-0.05, 0) is 36.5 Å². The number of hydrogen-bond acceptors (Lipinski definition) is 2. The van der Waals surface area contributed by atoms with Gasteiger partial charge in [0, 0.05) is 16.2 Å². The van der Waals surface area contributed by atoms with E-state index in [1.807, 2.05) is 0 Å². The third-order valence-electron chi connectivity index (χ3n) is 2.68. The van der Waals surface area contributed by atoms with Gasteiger partial charge in [0.15, 0.2) is 22.5 Å². The van der Waals surface area contributed by atoms with Gasteiger partial charge in [-0.3, -0.25) is 0 Å². The summed E-state index contributed by atoms with van der Waals surface area (Å²) in [6.45, 7) is 0. The Morgan fingerprint density at radius 3 is 2.17 bits per heavy atom. The van der Waals surface area contributed by atoms with Crippen LogP contribution in [0.3, 0.4) is 0 Å². The van der Waals surface area contributed by atoms with Crippen molar-refractivity contribution in [3.63, 3.8) is 0 Å². The zero-order chi connectivity index (χ0) is 18.1. The topological polar surface area (TPSA) is 47.3 Å². The minimum Gasteiger partial charge on any atom is -0.451 e. The van der Waals surface area contributed by atoms with Gasteiger partial charge in [0.1, 0.15) is 5.75 Å². The number of benzene rings is 2. The zero-order valence-electron chi connectivity index (χ0n) is 11.5. The molecule has 0 radical (unpaired) electrons. The second-order valence-electron chi connectivity index (χ2n) is 4.53. The number of rotatable bonds is 3. The summed E-state index contributed by atoms with van der Waals surface area (Å²) in [6, 6.07) is 4.56. The van der Waals surface area contributed by atoms with E-state index in [0.717, 1.165) is 0 Å². The molecule has 0 aliphatic carbocycles. The fourth-order valence-corrected chi connectivity index (χ4v) is 2.37. The Bertz CT molecular complexity index is 774. The van der Waals surface area contributed by atoms with Gasteiger partial charge in [0.05, 0.1) is 5.56 Å². The number of nitrogens with one attached hydrogen (secondary N) is 1. The Hall–Kier alpha value is -1.94. The molecule has 2 aromatic rings. The van der Waals surface area contributed by atoms with Crippen molar-refractivity contribution in [2.24, 2.45) is 5.73 Å². The second-order valence-corrected chi connectivity index (χ2v) is 5.89. The molecule has 0 fully saturated rings. The summed E-state index contributed by atoms with van der Waals surface area (Å²) in [5.74, 6) is -3.96. The van der Waals surface area contributed by atoms with E-state index in [1.54, 1.807) is 6.07 Å². The lowest BCUT2D eigenvalue weighted by Gasteiger charge is -2.13. The van der Waals surface area contributed by atoms with Crippen LogP contribution in [0.4, 0.5) is 27.6 Å². The van der Waals surface area contributed by atoms with Crippen molar-refractivity contribution in [2.45, 2.75) is 6.18 Å². The van der Waals surface area contributed by atoms with Gasteiger partial charge < -0.3 is 15.8 Å². The van der Waals surface area contributed by atoms with Crippen LogP contribution in [0.5, 0.6) is 11.5 Å². The highest BCUT2D eigenvalue weighted by molar-refractivity contribution is 9.10. The van der Waals surface area contributed by atoms with Crippen molar-refractivity contribution < 1.29 is 26.7 Å². The normalized spacial score (nSPS) is 11.2. The summed E-state index contributed by atoms with van der Waals surface area (Å²) < 4.78 is 70.7. The fourth-order valence-electron chi connectivity index (χ4n) is 1.77. The van der Waals surface area contributed by atoms with E-state index in [2.05, 4.69) is 33.5 Å². The quantitative estimate of drug-likeness (QED) is 0.523. The minimum atomic E-state index is -4.87. The van der Waals surface area contributed by atoms with Crippen molar-refractivity contribution in [2.75, 3.05) is 5.32 Å². The molecule has 0 bridgehead atoms. The molecule has 128 valence electrons. The van der Waals surface area contributed by atoms with Crippen LogP contribution in [0.1, 0.15) is 5.56 Å². The van der Waals surface area contributed by atoms with Crippen molar-refractivity contribution >= 4 is 38.9 Å². The van der Waals surface area contributed by atoms with Gasteiger partial charge in [0.25, 0.3) is 0 Å². The van der Waals surface area contributed by atoms with E-state index in [1.165, 1.54) is 12.1 Å². The van der Waals surface area contributed by atoms with E-state index in [0.29, 0.717) is 10.2 Å². The van der Waals surface area contributed by atoms with Crippen LogP contribution in [0, 0.1) is 11.6 Å². The number of nitrogens with two attached hydrogens (primary N) is 1. The van der Waals surface area contributed by atoms with E-state index in [-0.39, 0.29) is 23.0 Å². The molecule has 0 aromatic heterocycles. The smallest absolute Gasteiger partial charge is 0.416 e. The Labute approximate surface area is 146 Å². The first-order valence-corrected chi connectivity index (χ1v) is 7.37. The summed E-state index contributed by atoms with van der Waals surface area (Å²) in [4.78, 5) is 0. The average Bonchev–Trinajstić information content (AvgIpc) is 2.40. The molecule has 0 saturated heterocycles. The molecule has 3 nitrogen and oxygen atoms in total. The average molecular weight is 427 g/mol. The molecule has 10 heteroatoms. The third kappa shape index (κ3) is 4.54. The Morgan fingerprint density at radius 2 is 1.67 bits per heavy atom. The summed E-state index contributed by atoms with van der Waals surface area (Å²) in [5, 5.41) is 2.54. The molecule has 2 aromatic carbocycles. The summed E-state index contributed by atoms with van der Waals surface area (Å²) in [7, 11) is 0. The van der Waals surface area contributed by atoms with Gasteiger partial charge >= 0.3 is 6.18 Å². The van der Waals surface area contributed by atoms with Crippen molar-refractivity contribution in [3.8, 4) is 11.5 Å². The molecular formula is C14H8BrF5N2OS. The first kappa shape index (κ1) is 18.4. The molecule has 3 N–H and O–H groups in total. The standard InChI is InChI=1S/C14H8BrF5N2OS/c15-7-3-8(22-13(21)24)5-9(4-7)23-12-10(16)1-6(2-11(12)17)14(18,19)20/h1-5H,(H3,21,22,24). The predicted molar refractivity (Wildman–Crippen MR) is 86.0 cm³/mol. The Kier molecular flexibility index (Phi) is 5.29. The molecule has 0 amide bonds. The highest BCUT2D eigenvalue weighted by Crippen LogP contribution is 2.36. The summed E-state index contributed by atoms with van der Waals surface area (Å²) >= 11 is 7.82. The molecule has 2 rings (SSSR count). The van der Waals surface area contributed by atoms with Crippen LogP contribution in [0.25, 0.3) is 0 Å². The largest absolute Gasteiger partial charge is 0.451 e. The lowest BCUT2D eigenvalue weighted by atomic mass is 10.2. The maximum absolute atomic E-state index is 13.8. The Morgan fingerprint density at radius 1 is 1.08 bits per heavy atom. The number of thiocarbonyl (C=S) groups is 1. The SMILES string of the molecule is NC(=S)Nc1cc(Br)cc(Oc2c(F)cc(C(F)(F)F)cc2F)c1. The number of alkyl halides is 3. The summed E-state index contributed by atoms with van der Waals surface area (Å²) in [6.07, 6.45) is -4.87. The molecular weight excluding hydrogens is 419 g/mol. The minimum absolute atomic E-state index is 0.0410. The second kappa shape index (κ2) is 6.89. The van der Waals surface area contributed by atoms with Crippen LogP contribution < -0.4 is 15.8 Å². The highest BCUT2D eigenvalue weighted by atomic mass is 79.9. The van der Waals surface area contributed by atoms with Crippen molar-refractivity contribution in [1.82, 2.24) is 0 Å². The lowest BCUT2D eigenvalue weighted by molar-refractivity contribution is -0.138. The van der Waals surface area contributed by atoms with Gasteiger partial charge in [0.2, 0.25) is 0 Å². The molecule has 0 spiro atoms. The number of ether oxygens (including phenoxy) is 1. The molecule has 0 saturated carbocycles. The van der Waals surface area contributed by atoms with Crippen LogP contribution in [-0.2, 0) is 6.18 Å². The van der Waals surface area contributed by atoms with Gasteiger partial charge in [-0.25, -0.2) is 8.78 Å². The highest BCUT2D eigenvalue weighted by Gasteiger charge is 2.33. The number of anilines is 1. The lowest BCUT2D eigenvalue weighted by Crippen LogP contribution is -2.18. The zero-order valence-corrected chi connectivity index (χ0v) is 14.0. The van der Waals surface area contributed by atoms with Gasteiger partial charge in [-0.1, -0.05) is 15.9 Å². The molecule has 0 aliphatic rings. The van der Waals surface area contributed by atoms with Crippen molar-refractivity contribution in [3.05, 3.63) is 52.0 Å². The number of hydrogen-bond donors (Lipinski definition) is 2. The van der Waals surface area contributed by atoms with Crippen LogP contribution in [0.15, 0.2) is 34.8 Å². The fraction of sp³-hybridized carbons (Fsp3) is 0.0714. The first-order chi connectivity index (χ1) is 11.1. The van der Waals surface area contributed by atoms with Gasteiger partial charge in [-0.2, -0.15) is 13.2 Å². The van der Waals surface area contributed by atoms with Crippen molar-refractivity contribution in [1.29, 1.82) is 0 Å². The maximum Gasteiger partial charge on any atom is 0.416 e. The monoisotopic (exact) mass is 426 g/mol. The van der Waals surface area contributed by atoms with E-state index in [4.69, 9.17) is 10.5 Å². The third-order valence-corrected chi connectivity index (χ3v) is 3.24. The van der Waals surface area contributed by atoms with Crippen LogP contribution in [-0.4, -0.2) is 5.11 Å². The number of halogens is 6. The van der Waals surface area contributed by atoms with Crippen LogP contribution in [0.2, 0.25) is 0 Å². The molecule has 0 unspecified atom stereocenters. The maximum atomic E-state index is 13.8. The summed E-state index contributed by atoms with van der Waals surface area (Å²) in [5.41, 5.74) is 4.23.